The standard InChI is InChI=1S/C29H31N5O2/c1-21-9-11-23(12-10-21)28(33-17-15-32(16-18-33)26-8-4-6-14-31-26)27-25(35)19-22(2)34(29(27)36)20-24-7-3-5-13-30-24/h3-14,19,28,35H,15-18,20H2,1-2H3. The molecule has 1 aliphatic rings. The molecule has 0 bridgehead atoms. The van der Waals surface area contributed by atoms with Crippen molar-refractivity contribution in [1.82, 2.24) is 19.4 Å². The van der Waals surface area contributed by atoms with Crippen LogP contribution in [0.1, 0.15) is 34.1 Å². The first kappa shape index (κ1) is 23.8. The Hall–Kier alpha value is -3.97. The highest BCUT2D eigenvalue weighted by atomic mass is 16.3. The monoisotopic (exact) mass is 481 g/mol. The molecular weight excluding hydrogens is 450 g/mol. The third kappa shape index (κ3) is 4.88. The van der Waals surface area contributed by atoms with Gasteiger partial charge in [-0.3, -0.25) is 14.7 Å². The van der Waals surface area contributed by atoms with Crippen molar-refractivity contribution >= 4 is 5.82 Å². The van der Waals surface area contributed by atoms with E-state index in [0.717, 1.165) is 48.8 Å². The second-order valence-corrected chi connectivity index (χ2v) is 9.32. The van der Waals surface area contributed by atoms with Crippen molar-refractivity contribution in [2.75, 3.05) is 31.1 Å². The molecule has 0 amide bonds. The summed E-state index contributed by atoms with van der Waals surface area (Å²) in [5.41, 5.74) is 3.87. The topological polar surface area (TPSA) is 74.5 Å². The van der Waals surface area contributed by atoms with Crippen LogP contribution in [0, 0.1) is 13.8 Å². The normalized spacial score (nSPS) is 15.1. The quantitative estimate of drug-likeness (QED) is 0.450. The van der Waals surface area contributed by atoms with E-state index in [9.17, 15) is 9.90 Å². The first-order valence-corrected chi connectivity index (χ1v) is 12.3. The van der Waals surface area contributed by atoms with Crippen molar-refractivity contribution in [1.29, 1.82) is 0 Å². The zero-order chi connectivity index (χ0) is 25.1. The molecule has 1 N–H and O–H groups in total. The molecule has 184 valence electrons. The molecule has 4 heterocycles. The predicted octanol–water partition coefficient (Wildman–Crippen LogP) is 3.92. The number of aromatic nitrogens is 3. The lowest BCUT2D eigenvalue weighted by Gasteiger charge is -2.40. The van der Waals surface area contributed by atoms with E-state index in [-0.39, 0.29) is 17.4 Å². The summed E-state index contributed by atoms with van der Waals surface area (Å²) in [6.45, 7) is 7.30. The van der Waals surface area contributed by atoms with Gasteiger partial charge < -0.3 is 14.6 Å². The molecule has 0 aliphatic carbocycles. The fourth-order valence-electron chi connectivity index (χ4n) is 4.93. The van der Waals surface area contributed by atoms with E-state index in [4.69, 9.17) is 0 Å². The van der Waals surface area contributed by atoms with Crippen LogP contribution in [0.5, 0.6) is 5.75 Å². The van der Waals surface area contributed by atoms with Gasteiger partial charge in [0, 0.05) is 44.3 Å². The van der Waals surface area contributed by atoms with E-state index in [2.05, 4.69) is 44.0 Å². The Morgan fingerprint density at radius 1 is 0.889 bits per heavy atom. The Labute approximate surface area is 211 Å². The molecule has 7 nitrogen and oxygen atoms in total. The zero-order valence-electron chi connectivity index (χ0n) is 20.7. The van der Waals surface area contributed by atoms with Gasteiger partial charge >= 0.3 is 0 Å². The fourth-order valence-corrected chi connectivity index (χ4v) is 4.93. The highest BCUT2D eigenvalue weighted by Gasteiger charge is 2.31. The molecule has 4 aromatic rings. The number of anilines is 1. The average molecular weight is 482 g/mol. The molecule has 0 spiro atoms. The van der Waals surface area contributed by atoms with Crippen LogP contribution in [0.4, 0.5) is 5.82 Å². The molecule has 1 unspecified atom stereocenters. The van der Waals surface area contributed by atoms with E-state index in [1.807, 2.05) is 56.4 Å². The third-order valence-corrected chi connectivity index (χ3v) is 6.89. The second kappa shape index (κ2) is 10.3. The molecule has 7 heteroatoms. The smallest absolute Gasteiger partial charge is 0.260 e. The Kier molecular flexibility index (Phi) is 6.82. The molecule has 1 saturated heterocycles. The molecule has 1 aliphatic heterocycles. The van der Waals surface area contributed by atoms with Gasteiger partial charge in [0.2, 0.25) is 0 Å². The van der Waals surface area contributed by atoms with E-state index in [1.54, 1.807) is 16.8 Å². The lowest BCUT2D eigenvalue weighted by atomic mass is 9.95. The van der Waals surface area contributed by atoms with Crippen LogP contribution >= 0.6 is 0 Å². The molecule has 1 fully saturated rings. The second-order valence-electron chi connectivity index (χ2n) is 9.32. The average Bonchev–Trinajstić information content (AvgIpc) is 2.91. The summed E-state index contributed by atoms with van der Waals surface area (Å²) in [7, 11) is 0. The van der Waals surface area contributed by atoms with E-state index in [1.165, 1.54) is 0 Å². The van der Waals surface area contributed by atoms with Gasteiger partial charge in [0.1, 0.15) is 11.6 Å². The summed E-state index contributed by atoms with van der Waals surface area (Å²) in [5, 5.41) is 11.1. The Balaban J connectivity index is 1.53. The van der Waals surface area contributed by atoms with Crippen LogP contribution < -0.4 is 10.5 Å². The number of aryl methyl sites for hydroxylation is 2. The first-order chi connectivity index (χ1) is 17.5. The minimum atomic E-state index is -0.362. The number of benzene rings is 1. The van der Waals surface area contributed by atoms with Crippen molar-refractivity contribution in [3.8, 4) is 5.75 Å². The minimum Gasteiger partial charge on any atom is -0.507 e. The SMILES string of the molecule is Cc1ccc(C(c2c(O)cc(C)n(Cc3ccccn3)c2=O)N2CCN(c3ccccn3)CC2)cc1. The molecule has 3 aromatic heterocycles. The summed E-state index contributed by atoms with van der Waals surface area (Å²) in [6, 6.07) is 21.2. The van der Waals surface area contributed by atoms with Gasteiger partial charge in [-0.05, 0) is 49.7 Å². The van der Waals surface area contributed by atoms with Crippen LogP contribution in [0.15, 0.2) is 83.9 Å². The lowest BCUT2D eigenvalue weighted by molar-refractivity contribution is 0.207. The van der Waals surface area contributed by atoms with Crippen molar-refractivity contribution in [3.05, 3.63) is 118 Å². The molecular formula is C29H31N5O2. The molecule has 0 saturated carbocycles. The summed E-state index contributed by atoms with van der Waals surface area (Å²) >= 11 is 0. The van der Waals surface area contributed by atoms with Gasteiger partial charge in [-0.25, -0.2) is 4.98 Å². The maximum Gasteiger partial charge on any atom is 0.260 e. The lowest BCUT2D eigenvalue weighted by Crippen LogP contribution is -2.49. The zero-order valence-corrected chi connectivity index (χ0v) is 20.7. The number of hydrogen-bond donors (Lipinski definition) is 1. The molecule has 5 rings (SSSR count). The molecule has 0 radical (unpaired) electrons. The highest BCUT2D eigenvalue weighted by molar-refractivity contribution is 5.43. The molecule has 1 atom stereocenters. The van der Waals surface area contributed by atoms with E-state index >= 15 is 0 Å². The Morgan fingerprint density at radius 3 is 2.22 bits per heavy atom. The van der Waals surface area contributed by atoms with Crippen LogP contribution in [0.2, 0.25) is 0 Å². The van der Waals surface area contributed by atoms with E-state index in [0.29, 0.717) is 17.8 Å². The van der Waals surface area contributed by atoms with E-state index < -0.39 is 0 Å². The number of aromatic hydroxyl groups is 1. The van der Waals surface area contributed by atoms with Crippen LogP contribution in [-0.2, 0) is 6.54 Å². The van der Waals surface area contributed by atoms with Crippen LogP contribution in [0.25, 0.3) is 0 Å². The maximum absolute atomic E-state index is 14.0. The van der Waals surface area contributed by atoms with Gasteiger partial charge in [-0.1, -0.05) is 42.0 Å². The maximum atomic E-state index is 14.0. The fraction of sp³-hybridized carbons (Fsp3) is 0.276. The molecule has 36 heavy (non-hydrogen) atoms. The highest BCUT2D eigenvalue weighted by Crippen LogP contribution is 2.34. The number of pyridine rings is 3. The van der Waals surface area contributed by atoms with Gasteiger partial charge in [0.25, 0.3) is 5.56 Å². The number of piperazine rings is 1. The van der Waals surface area contributed by atoms with Crippen molar-refractivity contribution < 1.29 is 5.11 Å². The summed E-state index contributed by atoms with van der Waals surface area (Å²) in [5.74, 6) is 0.993. The van der Waals surface area contributed by atoms with Crippen molar-refractivity contribution in [2.24, 2.45) is 0 Å². The predicted molar refractivity (Wildman–Crippen MR) is 141 cm³/mol. The summed E-state index contributed by atoms with van der Waals surface area (Å²) < 4.78 is 1.71. The van der Waals surface area contributed by atoms with Crippen LogP contribution in [-0.4, -0.2) is 50.7 Å². The van der Waals surface area contributed by atoms with Crippen molar-refractivity contribution in [2.45, 2.75) is 26.4 Å². The number of hydrogen-bond acceptors (Lipinski definition) is 6. The van der Waals surface area contributed by atoms with Gasteiger partial charge in [-0.2, -0.15) is 0 Å². The number of rotatable bonds is 6. The third-order valence-electron chi connectivity index (χ3n) is 6.89. The largest absolute Gasteiger partial charge is 0.507 e. The number of nitrogens with zero attached hydrogens (tertiary/aromatic N) is 5. The first-order valence-electron chi connectivity index (χ1n) is 12.3. The summed E-state index contributed by atoms with van der Waals surface area (Å²) in [4.78, 5) is 27.4. The van der Waals surface area contributed by atoms with Gasteiger partial charge in [0.15, 0.2) is 0 Å². The Morgan fingerprint density at radius 2 is 1.58 bits per heavy atom. The Bertz CT molecular complexity index is 1360. The van der Waals surface area contributed by atoms with Gasteiger partial charge in [-0.15, -0.1) is 0 Å². The summed E-state index contributed by atoms with van der Waals surface area (Å²) in [6.07, 6.45) is 3.54. The van der Waals surface area contributed by atoms with Crippen molar-refractivity contribution in [3.63, 3.8) is 0 Å². The van der Waals surface area contributed by atoms with Crippen LogP contribution in [0.3, 0.4) is 0 Å². The molecule has 1 aromatic carbocycles. The van der Waals surface area contributed by atoms with Gasteiger partial charge in [0.05, 0.1) is 23.8 Å². The minimum absolute atomic E-state index is 0.0347.